The van der Waals surface area contributed by atoms with Crippen LogP contribution in [0, 0.1) is 0 Å². The first-order valence-corrected chi connectivity index (χ1v) is 7.25. The molecule has 0 aromatic carbocycles. The van der Waals surface area contributed by atoms with E-state index in [1.54, 1.807) is 0 Å². The summed E-state index contributed by atoms with van der Waals surface area (Å²) in [4.78, 5) is 23.1. The van der Waals surface area contributed by atoms with Crippen molar-refractivity contribution in [1.82, 2.24) is 10.6 Å². The summed E-state index contributed by atoms with van der Waals surface area (Å²) in [7, 11) is 0. The zero-order valence-electron chi connectivity index (χ0n) is 10.1. The van der Waals surface area contributed by atoms with Gasteiger partial charge in [-0.05, 0) is 18.6 Å². The van der Waals surface area contributed by atoms with Crippen LogP contribution in [0.1, 0.15) is 19.3 Å². The lowest BCUT2D eigenvalue weighted by Gasteiger charge is -2.27. The molecule has 0 spiro atoms. The number of carboxylic acids is 1. The molecule has 0 aromatic rings. The van der Waals surface area contributed by atoms with Crippen molar-refractivity contribution in [2.45, 2.75) is 30.8 Å². The summed E-state index contributed by atoms with van der Waals surface area (Å²) < 4.78 is 5.09. The van der Waals surface area contributed by atoms with Crippen LogP contribution in [0.2, 0.25) is 0 Å². The van der Waals surface area contributed by atoms with Crippen molar-refractivity contribution in [2.24, 2.45) is 0 Å². The second-order valence-electron chi connectivity index (χ2n) is 4.70. The Balaban J connectivity index is 1.87. The van der Waals surface area contributed by atoms with E-state index in [-0.39, 0.29) is 12.6 Å². The number of urea groups is 1. The van der Waals surface area contributed by atoms with E-state index < -0.39 is 17.5 Å². The minimum absolute atomic E-state index is 0.0369. The van der Waals surface area contributed by atoms with Crippen molar-refractivity contribution in [3.05, 3.63) is 0 Å². The van der Waals surface area contributed by atoms with Gasteiger partial charge in [-0.1, -0.05) is 0 Å². The Morgan fingerprint density at radius 2 is 2.28 bits per heavy atom. The predicted molar refractivity (Wildman–Crippen MR) is 67.8 cm³/mol. The first kappa shape index (κ1) is 13.5. The van der Waals surface area contributed by atoms with Gasteiger partial charge in [-0.25, -0.2) is 9.59 Å². The van der Waals surface area contributed by atoms with Gasteiger partial charge in [0.1, 0.15) is 0 Å². The average molecular weight is 274 g/mol. The Bertz CT molecular complexity index is 325. The second-order valence-corrected chi connectivity index (χ2v) is 5.85. The number of hydrogen-bond acceptors (Lipinski definition) is 4. The maximum atomic E-state index is 11.8. The molecule has 2 amide bonds. The molecule has 2 aliphatic rings. The number of carboxylic acid groups (broad SMARTS) is 1. The number of carbonyl (C=O) groups excluding carboxylic acids is 1. The van der Waals surface area contributed by atoms with Gasteiger partial charge in [0.15, 0.2) is 5.54 Å². The van der Waals surface area contributed by atoms with Gasteiger partial charge >= 0.3 is 12.0 Å². The van der Waals surface area contributed by atoms with Crippen LogP contribution >= 0.6 is 11.8 Å². The van der Waals surface area contributed by atoms with Crippen molar-refractivity contribution < 1.29 is 19.4 Å². The number of hydrogen-bond donors (Lipinski definition) is 3. The maximum absolute atomic E-state index is 11.8. The van der Waals surface area contributed by atoms with Crippen molar-refractivity contribution in [2.75, 3.05) is 24.7 Å². The van der Waals surface area contributed by atoms with Crippen molar-refractivity contribution in [1.29, 1.82) is 0 Å². The molecule has 2 atom stereocenters. The van der Waals surface area contributed by atoms with Gasteiger partial charge in [-0.3, -0.25) is 0 Å². The van der Waals surface area contributed by atoms with E-state index in [0.29, 0.717) is 13.0 Å². The zero-order chi connectivity index (χ0) is 13.0. The standard InChI is InChI=1S/C11H18N2O4S/c14-9(15)11(3-4-17-7-11)13-10(16)12-8-2-1-5-18-6-8/h8H,1-7H2,(H,14,15)(H2,12,13,16). The lowest BCUT2D eigenvalue weighted by Crippen LogP contribution is -2.59. The van der Waals surface area contributed by atoms with Gasteiger partial charge in [0, 0.05) is 24.8 Å². The molecule has 6 nitrogen and oxygen atoms in total. The highest BCUT2D eigenvalue weighted by atomic mass is 32.2. The van der Waals surface area contributed by atoms with Crippen LogP contribution in [-0.2, 0) is 9.53 Å². The van der Waals surface area contributed by atoms with Crippen LogP contribution in [0.25, 0.3) is 0 Å². The molecule has 3 N–H and O–H groups in total. The third-order valence-electron chi connectivity index (χ3n) is 3.28. The number of rotatable bonds is 3. The number of thioether (sulfide) groups is 1. The molecule has 2 heterocycles. The SMILES string of the molecule is O=C(NC1CCCSC1)NC1(C(=O)O)CCOC1. The van der Waals surface area contributed by atoms with E-state index in [1.807, 2.05) is 11.8 Å². The summed E-state index contributed by atoms with van der Waals surface area (Å²) >= 11 is 1.81. The molecule has 0 aliphatic carbocycles. The van der Waals surface area contributed by atoms with E-state index >= 15 is 0 Å². The highest BCUT2D eigenvalue weighted by Crippen LogP contribution is 2.20. The molecule has 2 unspecified atom stereocenters. The number of amides is 2. The molecular formula is C11H18N2O4S. The van der Waals surface area contributed by atoms with Crippen LogP contribution in [0.5, 0.6) is 0 Å². The molecule has 7 heteroatoms. The number of nitrogens with one attached hydrogen (secondary N) is 2. The lowest BCUT2D eigenvalue weighted by molar-refractivity contribution is -0.144. The minimum atomic E-state index is -1.26. The summed E-state index contributed by atoms with van der Waals surface area (Å²) in [6, 6.07) is -0.271. The van der Waals surface area contributed by atoms with Gasteiger partial charge in [0.25, 0.3) is 0 Å². The van der Waals surface area contributed by atoms with Gasteiger partial charge in [-0.15, -0.1) is 0 Å². The molecule has 0 aromatic heterocycles. The zero-order valence-corrected chi connectivity index (χ0v) is 10.9. The molecule has 2 saturated heterocycles. The van der Waals surface area contributed by atoms with Crippen LogP contribution in [-0.4, -0.2) is 53.4 Å². The van der Waals surface area contributed by atoms with Crippen LogP contribution in [0.15, 0.2) is 0 Å². The van der Waals surface area contributed by atoms with Crippen molar-refractivity contribution >= 4 is 23.8 Å². The van der Waals surface area contributed by atoms with Crippen LogP contribution in [0.4, 0.5) is 4.79 Å². The molecular weight excluding hydrogens is 256 g/mol. The fourth-order valence-electron chi connectivity index (χ4n) is 2.18. The monoisotopic (exact) mass is 274 g/mol. The first-order chi connectivity index (χ1) is 8.62. The summed E-state index contributed by atoms with van der Waals surface area (Å²) in [6.07, 6.45) is 2.36. The molecule has 2 aliphatic heterocycles. The molecule has 102 valence electrons. The van der Waals surface area contributed by atoms with Gasteiger partial charge < -0.3 is 20.5 Å². The average Bonchev–Trinajstić information content (AvgIpc) is 2.80. The largest absolute Gasteiger partial charge is 0.479 e. The summed E-state index contributed by atoms with van der Waals surface area (Å²) in [5, 5.41) is 14.6. The molecule has 0 radical (unpaired) electrons. The molecule has 0 bridgehead atoms. The third kappa shape index (κ3) is 3.08. The normalized spacial score (nSPS) is 31.9. The van der Waals surface area contributed by atoms with E-state index in [4.69, 9.17) is 4.74 Å². The molecule has 2 fully saturated rings. The quantitative estimate of drug-likeness (QED) is 0.694. The molecule has 2 rings (SSSR count). The van der Waals surface area contributed by atoms with Crippen molar-refractivity contribution in [3.63, 3.8) is 0 Å². The fraction of sp³-hybridized carbons (Fsp3) is 0.818. The number of ether oxygens (including phenoxy) is 1. The smallest absolute Gasteiger partial charge is 0.332 e. The minimum Gasteiger partial charge on any atom is -0.479 e. The Kier molecular flexibility index (Phi) is 4.34. The highest BCUT2D eigenvalue weighted by molar-refractivity contribution is 7.99. The second kappa shape index (κ2) is 5.79. The predicted octanol–water partition coefficient (Wildman–Crippen LogP) is 0.425. The number of carbonyl (C=O) groups is 2. The Morgan fingerprint density at radius 3 is 2.83 bits per heavy atom. The van der Waals surface area contributed by atoms with E-state index in [0.717, 1.165) is 24.3 Å². The van der Waals surface area contributed by atoms with Crippen molar-refractivity contribution in [3.8, 4) is 0 Å². The van der Waals surface area contributed by atoms with Gasteiger partial charge in [0.05, 0.1) is 6.61 Å². The summed E-state index contributed by atoms with van der Waals surface area (Å²) in [5.41, 5.74) is -1.26. The van der Waals surface area contributed by atoms with Gasteiger partial charge in [0.2, 0.25) is 0 Å². The lowest BCUT2D eigenvalue weighted by atomic mass is 9.99. The fourth-order valence-corrected chi connectivity index (χ4v) is 3.25. The maximum Gasteiger partial charge on any atom is 0.332 e. The van der Waals surface area contributed by atoms with Gasteiger partial charge in [-0.2, -0.15) is 11.8 Å². The van der Waals surface area contributed by atoms with E-state index in [9.17, 15) is 14.7 Å². The van der Waals surface area contributed by atoms with Crippen LogP contribution < -0.4 is 10.6 Å². The topological polar surface area (TPSA) is 87.7 Å². The molecule has 18 heavy (non-hydrogen) atoms. The van der Waals surface area contributed by atoms with Crippen LogP contribution in [0.3, 0.4) is 0 Å². The Labute approximate surface area is 110 Å². The first-order valence-electron chi connectivity index (χ1n) is 6.10. The van der Waals surface area contributed by atoms with E-state index in [1.165, 1.54) is 0 Å². The molecule has 0 saturated carbocycles. The Morgan fingerprint density at radius 1 is 1.44 bits per heavy atom. The number of aliphatic carboxylic acids is 1. The van der Waals surface area contributed by atoms with E-state index in [2.05, 4.69) is 10.6 Å². The summed E-state index contributed by atoms with van der Waals surface area (Å²) in [6.45, 7) is 0.404. The highest BCUT2D eigenvalue weighted by Gasteiger charge is 2.44. The third-order valence-corrected chi connectivity index (χ3v) is 4.49. The Hall–Kier alpha value is -0.950. The summed E-state index contributed by atoms with van der Waals surface area (Å²) in [5.74, 6) is 0.990.